The van der Waals surface area contributed by atoms with Crippen molar-refractivity contribution in [3.05, 3.63) is 59.7 Å². The van der Waals surface area contributed by atoms with Gasteiger partial charge in [-0.1, -0.05) is 12.1 Å². The summed E-state index contributed by atoms with van der Waals surface area (Å²) in [5, 5.41) is 10.4. The molecule has 7 heteroatoms. The minimum Gasteiger partial charge on any atom is -0.497 e. The van der Waals surface area contributed by atoms with Crippen molar-refractivity contribution >= 4 is 5.97 Å². The van der Waals surface area contributed by atoms with Crippen LogP contribution in [0.5, 0.6) is 11.5 Å². The largest absolute Gasteiger partial charge is 0.497 e. The lowest BCUT2D eigenvalue weighted by Gasteiger charge is -2.35. The lowest BCUT2D eigenvalue weighted by Crippen LogP contribution is -2.48. The van der Waals surface area contributed by atoms with Gasteiger partial charge in [0, 0.05) is 39.3 Å². The fourth-order valence-electron chi connectivity index (χ4n) is 3.56. The van der Waals surface area contributed by atoms with Crippen LogP contribution in [-0.2, 0) is 11.3 Å². The van der Waals surface area contributed by atoms with Gasteiger partial charge in [0.1, 0.15) is 24.2 Å². The fourth-order valence-corrected chi connectivity index (χ4v) is 3.56. The number of carbonyl (C=O) groups is 1. The number of hydrogen-bond acceptors (Lipinski definition) is 7. The van der Waals surface area contributed by atoms with E-state index >= 15 is 0 Å². The van der Waals surface area contributed by atoms with Gasteiger partial charge in [-0.15, -0.1) is 0 Å². The van der Waals surface area contributed by atoms with E-state index in [0.29, 0.717) is 24.5 Å². The first kappa shape index (κ1) is 23.1. The molecular formula is C24H32N2O5. The molecule has 1 saturated heterocycles. The van der Waals surface area contributed by atoms with E-state index in [1.54, 1.807) is 38.3 Å². The van der Waals surface area contributed by atoms with Gasteiger partial charge in [0.05, 0.1) is 19.3 Å². The molecule has 1 aliphatic heterocycles. The van der Waals surface area contributed by atoms with Gasteiger partial charge >= 0.3 is 5.97 Å². The molecule has 0 saturated carbocycles. The van der Waals surface area contributed by atoms with Gasteiger partial charge in [0.15, 0.2) is 0 Å². The molecule has 0 bridgehead atoms. The number of rotatable bonds is 10. The molecule has 2 aromatic carbocycles. The predicted molar refractivity (Wildman–Crippen MR) is 119 cm³/mol. The first-order chi connectivity index (χ1) is 15.1. The molecule has 31 heavy (non-hydrogen) atoms. The van der Waals surface area contributed by atoms with Gasteiger partial charge in [0.2, 0.25) is 0 Å². The number of piperazine rings is 1. The zero-order chi connectivity index (χ0) is 22.1. The van der Waals surface area contributed by atoms with Crippen molar-refractivity contribution in [1.82, 2.24) is 9.80 Å². The van der Waals surface area contributed by atoms with Crippen LogP contribution in [0.2, 0.25) is 0 Å². The molecule has 0 radical (unpaired) electrons. The maximum atomic E-state index is 11.7. The number of esters is 1. The summed E-state index contributed by atoms with van der Waals surface area (Å²) in [6.45, 7) is 7.61. The Hall–Kier alpha value is -2.61. The van der Waals surface area contributed by atoms with Crippen LogP contribution < -0.4 is 9.47 Å². The second-order valence-corrected chi connectivity index (χ2v) is 7.63. The average molecular weight is 429 g/mol. The van der Waals surface area contributed by atoms with Crippen molar-refractivity contribution in [2.24, 2.45) is 0 Å². The third-order valence-electron chi connectivity index (χ3n) is 5.31. The van der Waals surface area contributed by atoms with Crippen molar-refractivity contribution in [3.8, 4) is 11.5 Å². The van der Waals surface area contributed by atoms with E-state index in [2.05, 4.69) is 21.9 Å². The van der Waals surface area contributed by atoms with Gasteiger partial charge in [-0.05, 0) is 48.9 Å². The van der Waals surface area contributed by atoms with Crippen LogP contribution in [0.25, 0.3) is 0 Å². The summed E-state index contributed by atoms with van der Waals surface area (Å²) in [5.74, 6) is 1.15. The zero-order valence-electron chi connectivity index (χ0n) is 18.3. The third kappa shape index (κ3) is 7.24. The molecule has 1 N–H and O–H groups in total. The first-order valence-corrected chi connectivity index (χ1v) is 10.7. The zero-order valence-corrected chi connectivity index (χ0v) is 18.3. The summed E-state index contributed by atoms with van der Waals surface area (Å²) in [4.78, 5) is 16.4. The smallest absolute Gasteiger partial charge is 0.338 e. The molecule has 3 rings (SSSR count). The topological polar surface area (TPSA) is 71.5 Å². The average Bonchev–Trinajstić information content (AvgIpc) is 2.80. The molecule has 7 nitrogen and oxygen atoms in total. The number of nitrogens with zero attached hydrogens (tertiary/aromatic N) is 2. The van der Waals surface area contributed by atoms with Crippen LogP contribution in [0, 0.1) is 0 Å². The van der Waals surface area contributed by atoms with Crippen LogP contribution in [0.4, 0.5) is 0 Å². The molecule has 1 fully saturated rings. The molecule has 168 valence electrons. The van der Waals surface area contributed by atoms with Gasteiger partial charge in [-0.2, -0.15) is 0 Å². The maximum Gasteiger partial charge on any atom is 0.338 e. The van der Waals surface area contributed by atoms with Crippen LogP contribution in [0.1, 0.15) is 22.8 Å². The second-order valence-electron chi connectivity index (χ2n) is 7.63. The Bertz CT molecular complexity index is 802. The van der Waals surface area contributed by atoms with Gasteiger partial charge < -0.3 is 19.3 Å². The number of benzene rings is 2. The fraction of sp³-hybridized carbons (Fsp3) is 0.458. The molecule has 1 aliphatic rings. The van der Waals surface area contributed by atoms with Crippen molar-refractivity contribution in [1.29, 1.82) is 0 Å². The summed E-state index contributed by atoms with van der Waals surface area (Å²) >= 11 is 0. The van der Waals surface area contributed by atoms with Crippen LogP contribution in [-0.4, -0.2) is 80.0 Å². The SMILES string of the molecule is CCOC(=O)c1ccc(OCC(O)CN2CCN(Cc3ccc(OC)cc3)CC2)cc1. The molecule has 0 aromatic heterocycles. The predicted octanol–water partition coefficient (Wildman–Crippen LogP) is 2.43. The number of ether oxygens (including phenoxy) is 3. The van der Waals surface area contributed by atoms with E-state index < -0.39 is 6.10 Å². The van der Waals surface area contributed by atoms with E-state index in [-0.39, 0.29) is 12.6 Å². The Labute approximate surface area is 184 Å². The number of carbonyl (C=O) groups excluding carboxylic acids is 1. The van der Waals surface area contributed by atoms with Crippen molar-refractivity contribution in [3.63, 3.8) is 0 Å². The number of β-amino-alcohol motifs (C(OH)–C–C–N with tert-alkyl or cyclic N) is 1. The van der Waals surface area contributed by atoms with E-state index in [9.17, 15) is 9.90 Å². The minimum atomic E-state index is -0.571. The first-order valence-electron chi connectivity index (χ1n) is 10.7. The highest BCUT2D eigenvalue weighted by Crippen LogP contribution is 2.15. The Morgan fingerprint density at radius 1 is 0.968 bits per heavy atom. The highest BCUT2D eigenvalue weighted by Gasteiger charge is 2.19. The van der Waals surface area contributed by atoms with Crippen LogP contribution in [0.15, 0.2) is 48.5 Å². The summed E-state index contributed by atoms with van der Waals surface area (Å²) < 4.78 is 15.8. The van der Waals surface area contributed by atoms with Gasteiger partial charge in [-0.3, -0.25) is 9.80 Å². The lowest BCUT2D eigenvalue weighted by atomic mass is 10.2. The Kier molecular flexibility index (Phi) is 8.70. The Morgan fingerprint density at radius 3 is 2.19 bits per heavy atom. The number of hydrogen-bond donors (Lipinski definition) is 1. The summed E-state index contributed by atoms with van der Waals surface area (Å²) in [6.07, 6.45) is -0.571. The van der Waals surface area contributed by atoms with Crippen molar-refractivity contribution in [2.45, 2.75) is 19.6 Å². The summed E-state index contributed by atoms with van der Waals surface area (Å²) in [7, 11) is 1.68. The molecule has 1 unspecified atom stereocenters. The van der Waals surface area contributed by atoms with Crippen molar-refractivity contribution < 1.29 is 24.1 Å². The molecule has 2 aromatic rings. The molecule has 1 atom stereocenters. The lowest BCUT2D eigenvalue weighted by molar-refractivity contribution is 0.0445. The van der Waals surface area contributed by atoms with E-state index in [0.717, 1.165) is 38.5 Å². The second kappa shape index (κ2) is 11.7. The molecule has 0 spiro atoms. The summed E-state index contributed by atoms with van der Waals surface area (Å²) in [5.41, 5.74) is 1.76. The highest BCUT2D eigenvalue weighted by atomic mass is 16.5. The number of aliphatic hydroxyl groups excluding tert-OH is 1. The maximum absolute atomic E-state index is 11.7. The number of aliphatic hydroxyl groups is 1. The Morgan fingerprint density at radius 2 is 1.58 bits per heavy atom. The van der Waals surface area contributed by atoms with Crippen LogP contribution >= 0.6 is 0 Å². The summed E-state index contributed by atoms with van der Waals surface area (Å²) in [6, 6.07) is 15.0. The molecule has 0 amide bonds. The van der Waals surface area contributed by atoms with Gasteiger partial charge in [-0.25, -0.2) is 4.79 Å². The third-order valence-corrected chi connectivity index (χ3v) is 5.31. The highest BCUT2D eigenvalue weighted by molar-refractivity contribution is 5.89. The van der Waals surface area contributed by atoms with Crippen molar-refractivity contribution in [2.75, 3.05) is 53.0 Å². The van der Waals surface area contributed by atoms with Gasteiger partial charge in [0.25, 0.3) is 0 Å². The Balaban J connectivity index is 1.35. The van der Waals surface area contributed by atoms with E-state index in [1.807, 2.05) is 12.1 Å². The minimum absolute atomic E-state index is 0.213. The monoisotopic (exact) mass is 428 g/mol. The quantitative estimate of drug-likeness (QED) is 0.583. The molecular weight excluding hydrogens is 396 g/mol. The molecule has 0 aliphatic carbocycles. The molecule has 1 heterocycles. The standard InChI is InChI=1S/C24H32N2O5/c1-3-30-24(28)20-6-10-23(11-7-20)31-18-21(27)17-26-14-12-25(13-15-26)16-19-4-8-22(29-2)9-5-19/h4-11,21,27H,3,12-18H2,1-2H3. The van der Waals surface area contributed by atoms with Crippen LogP contribution in [0.3, 0.4) is 0 Å². The normalized spacial score (nSPS) is 16.0. The van der Waals surface area contributed by atoms with E-state index in [1.165, 1.54) is 5.56 Å². The number of methoxy groups -OCH3 is 1. The van der Waals surface area contributed by atoms with E-state index in [4.69, 9.17) is 14.2 Å².